The second-order valence-electron chi connectivity index (χ2n) is 4.85. The number of carboxylic acid groups (broad SMARTS) is 1. The number of alkyl carbamates (subject to hydrolysis) is 1. The largest absolute Gasteiger partial charge is 0.478 e. The van der Waals surface area contributed by atoms with E-state index in [0.717, 1.165) is 5.56 Å². The summed E-state index contributed by atoms with van der Waals surface area (Å²) in [6.45, 7) is -0.181. The lowest BCUT2D eigenvalue weighted by molar-refractivity contribution is -0.115. The summed E-state index contributed by atoms with van der Waals surface area (Å²) in [5.74, 6) is -1.58. The topological polar surface area (TPSA) is 105 Å². The zero-order chi connectivity index (χ0) is 17.4. The van der Waals surface area contributed by atoms with Crippen LogP contribution in [0.15, 0.2) is 54.6 Å². The smallest absolute Gasteiger partial charge is 0.407 e. The summed E-state index contributed by atoms with van der Waals surface area (Å²) >= 11 is 0. The summed E-state index contributed by atoms with van der Waals surface area (Å²) in [7, 11) is 0. The second-order valence-corrected chi connectivity index (χ2v) is 4.85. The lowest BCUT2D eigenvalue weighted by Gasteiger charge is -2.08. The standard InChI is InChI=1S/C17H16N2O5/c20-15(19-14-8-4-7-13(9-14)16(21)22)10-18-17(23)24-11-12-5-2-1-3-6-12/h1-9H,10-11H2,(H,18,23)(H,19,20)(H,21,22). The predicted molar refractivity (Wildman–Crippen MR) is 86.7 cm³/mol. The molecule has 0 aromatic heterocycles. The van der Waals surface area contributed by atoms with Crippen molar-refractivity contribution in [3.63, 3.8) is 0 Å². The molecule has 3 N–H and O–H groups in total. The highest BCUT2D eigenvalue weighted by molar-refractivity contribution is 5.95. The van der Waals surface area contributed by atoms with Crippen LogP contribution in [0.1, 0.15) is 15.9 Å². The molecule has 0 heterocycles. The molecule has 0 atom stereocenters. The Morgan fingerprint density at radius 1 is 1.00 bits per heavy atom. The van der Waals surface area contributed by atoms with Gasteiger partial charge in [0.05, 0.1) is 5.56 Å². The van der Waals surface area contributed by atoms with Crippen molar-refractivity contribution in [1.29, 1.82) is 0 Å². The molecular weight excluding hydrogens is 312 g/mol. The van der Waals surface area contributed by atoms with E-state index in [0.29, 0.717) is 5.69 Å². The molecule has 0 aliphatic rings. The van der Waals surface area contributed by atoms with Gasteiger partial charge in [0, 0.05) is 5.69 Å². The first-order valence-corrected chi connectivity index (χ1v) is 7.12. The summed E-state index contributed by atoms with van der Waals surface area (Å²) in [4.78, 5) is 34.1. The Bertz CT molecular complexity index is 731. The van der Waals surface area contributed by atoms with Crippen LogP contribution in [0, 0.1) is 0 Å². The van der Waals surface area contributed by atoms with E-state index in [2.05, 4.69) is 10.6 Å². The van der Waals surface area contributed by atoms with E-state index >= 15 is 0 Å². The van der Waals surface area contributed by atoms with Gasteiger partial charge in [-0.15, -0.1) is 0 Å². The minimum absolute atomic E-state index is 0.0584. The fourth-order valence-corrected chi connectivity index (χ4v) is 1.86. The molecule has 0 bridgehead atoms. The average molecular weight is 328 g/mol. The Kier molecular flexibility index (Phi) is 5.90. The summed E-state index contributed by atoms with van der Waals surface area (Å²) in [6, 6.07) is 15.0. The van der Waals surface area contributed by atoms with Gasteiger partial charge in [-0.3, -0.25) is 4.79 Å². The van der Waals surface area contributed by atoms with Gasteiger partial charge in [-0.1, -0.05) is 36.4 Å². The Hall–Kier alpha value is -3.35. The van der Waals surface area contributed by atoms with Crippen molar-refractivity contribution in [3.05, 3.63) is 65.7 Å². The van der Waals surface area contributed by atoms with Crippen LogP contribution in [-0.2, 0) is 16.1 Å². The number of carboxylic acids is 1. The van der Waals surface area contributed by atoms with E-state index in [1.54, 1.807) is 6.07 Å². The van der Waals surface area contributed by atoms with Gasteiger partial charge in [-0.25, -0.2) is 9.59 Å². The van der Waals surface area contributed by atoms with Crippen LogP contribution in [-0.4, -0.2) is 29.6 Å². The highest BCUT2D eigenvalue weighted by Crippen LogP contribution is 2.10. The molecule has 2 aromatic rings. The van der Waals surface area contributed by atoms with Crippen LogP contribution in [0.3, 0.4) is 0 Å². The molecule has 124 valence electrons. The SMILES string of the molecule is O=C(CNC(=O)OCc1ccccc1)Nc1cccc(C(=O)O)c1. The summed E-state index contributed by atoms with van der Waals surface area (Å²) < 4.78 is 4.97. The Morgan fingerprint density at radius 3 is 2.46 bits per heavy atom. The number of ether oxygens (including phenoxy) is 1. The monoisotopic (exact) mass is 328 g/mol. The summed E-state index contributed by atoms with van der Waals surface area (Å²) in [5, 5.41) is 13.7. The minimum atomic E-state index is -1.09. The van der Waals surface area contributed by atoms with Crippen molar-refractivity contribution in [2.75, 3.05) is 11.9 Å². The van der Waals surface area contributed by atoms with Crippen LogP contribution in [0.25, 0.3) is 0 Å². The van der Waals surface area contributed by atoms with Crippen molar-refractivity contribution >= 4 is 23.7 Å². The van der Waals surface area contributed by atoms with Crippen molar-refractivity contribution in [2.45, 2.75) is 6.61 Å². The molecule has 0 unspecified atom stereocenters. The lowest BCUT2D eigenvalue weighted by atomic mass is 10.2. The van der Waals surface area contributed by atoms with Crippen molar-refractivity contribution < 1.29 is 24.2 Å². The maximum absolute atomic E-state index is 11.7. The molecule has 2 amide bonds. The number of nitrogens with one attached hydrogen (secondary N) is 2. The van der Waals surface area contributed by atoms with Crippen molar-refractivity contribution in [3.8, 4) is 0 Å². The fraction of sp³-hybridized carbons (Fsp3) is 0.118. The quantitative estimate of drug-likeness (QED) is 0.754. The van der Waals surface area contributed by atoms with Gasteiger partial charge < -0.3 is 20.5 Å². The summed E-state index contributed by atoms with van der Waals surface area (Å²) in [6.07, 6.45) is -0.715. The molecule has 24 heavy (non-hydrogen) atoms. The molecule has 7 nitrogen and oxygen atoms in total. The van der Waals surface area contributed by atoms with Gasteiger partial charge in [-0.2, -0.15) is 0 Å². The van der Waals surface area contributed by atoms with Crippen LogP contribution in [0.5, 0.6) is 0 Å². The zero-order valence-corrected chi connectivity index (χ0v) is 12.7. The molecule has 0 aliphatic heterocycles. The molecule has 7 heteroatoms. The van der Waals surface area contributed by atoms with Gasteiger partial charge in [0.2, 0.25) is 5.91 Å². The third-order valence-corrected chi connectivity index (χ3v) is 3.00. The van der Waals surface area contributed by atoms with Gasteiger partial charge in [-0.05, 0) is 23.8 Å². The van der Waals surface area contributed by atoms with Gasteiger partial charge in [0.15, 0.2) is 0 Å². The number of aromatic carboxylic acids is 1. The van der Waals surface area contributed by atoms with E-state index in [-0.39, 0.29) is 18.7 Å². The third kappa shape index (κ3) is 5.45. The highest BCUT2D eigenvalue weighted by atomic mass is 16.5. The van der Waals surface area contributed by atoms with Gasteiger partial charge >= 0.3 is 12.1 Å². The number of rotatable bonds is 6. The molecular formula is C17H16N2O5. The number of hydrogen-bond acceptors (Lipinski definition) is 4. The number of carbonyl (C=O) groups excluding carboxylic acids is 2. The first kappa shape index (κ1) is 17.0. The first-order chi connectivity index (χ1) is 11.5. The number of carbonyl (C=O) groups is 3. The van der Waals surface area contributed by atoms with E-state index in [4.69, 9.17) is 9.84 Å². The van der Waals surface area contributed by atoms with Crippen LogP contribution >= 0.6 is 0 Å². The number of amides is 2. The summed E-state index contributed by atoms with van der Waals surface area (Å²) in [5.41, 5.74) is 1.23. The van der Waals surface area contributed by atoms with Crippen LogP contribution in [0.2, 0.25) is 0 Å². The molecule has 0 aliphatic carbocycles. The first-order valence-electron chi connectivity index (χ1n) is 7.12. The Morgan fingerprint density at radius 2 is 1.75 bits per heavy atom. The van der Waals surface area contributed by atoms with E-state index in [9.17, 15) is 14.4 Å². The molecule has 0 radical (unpaired) electrons. The number of anilines is 1. The molecule has 2 aromatic carbocycles. The second kappa shape index (κ2) is 8.33. The van der Waals surface area contributed by atoms with E-state index in [1.807, 2.05) is 30.3 Å². The fourth-order valence-electron chi connectivity index (χ4n) is 1.86. The molecule has 0 spiro atoms. The third-order valence-electron chi connectivity index (χ3n) is 3.00. The predicted octanol–water partition coefficient (Wildman–Crippen LogP) is 2.25. The minimum Gasteiger partial charge on any atom is -0.478 e. The van der Waals surface area contributed by atoms with Crippen LogP contribution in [0.4, 0.5) is 10.5 Å². The average Bonchev–Trinajstić information content (AvgIpc) is 2.59. The lowest BCUT2D eigenvalue weighted by Crippen LogP contribution is -2.33. The maximum atomic E-state index is 11.7. The van der Waals surface area contributed by atoms with Crippen molar-refractivity contribution in [1.82, 2.24) is 5.32 Å². The maximum Gasteiger partial charge on any atom is 0.407 e. The van der Waals surface area contributed by atoms with Gasteiger partial charge in [0.25, 0.3) is 0 Å². The molecule has 2 rings (SSSR count). The van der Waals surface area contributed by atoms with Gasteiger partial charge in [0.1, 0.15) is 13.2 Å². The molecule has 0 saturated heterocycles. The van der Waals surface area contributed by atoms with Crippen molar-refractivity contribution in [2.24, 2.45) is 0 Å². The zero-order valence-electron chi connectivity index (χ0n) is 12.7. The highest BCUT2D eigenvalue weighted by Gasteiger charge is 2.08. The Balaban J connectivity index is 1.75. The van der Waals surface area contributed by atoms with Crippen LogP contribution < -0.4 is 10.6 Å². The molecule has 0 fully saturated rings. The Labute approximate surface area is 138 Å². The number of benzene rings is 2. The number of hydrogen-bond donors (Lipinski definition) is 3. The normalized spacial score (nSPS) is 9.83. The molecule has 0 saturated carbocycles. The van der Waals surface area contributed by atoms with E-state index in [1.165, 1.54) is 18.2 Å². The van der Waals surface area contributed by atoms with E-state index < -0.39 is 18.0 Å².